The molecule has 1 N–H and O–H groups in total. The molecule has 0 radical (unpaired) electrons. The summed E-state index contributed by atoms with van der Waals surface area (Å²) in [4.78, 5) is 0. The first kappa shape index (κ1) is 29.0. The largest absolute Gasteiger partial charge is 0.489 e. The molecule has 1 unspecified atom stereocenters. The fraction of sp³-hybridized carbons (Fsp3) is 0.297. The second-order valence-electron chi connectivity index (χ2n) is 11.1. The molecule has 0 heterocycles. The van der Waals surface area contributed by atoms with Gasteiger partial charge in [-0.1, -0.05) is 106 Å². The number of para-hydroxylation sites is 2. The SMILES string of the molecule is C=C(NC(CC(C)C)c1cc(C)cc(C)c1)c1cc(OCc2ccccc2Oc2ccccc2)ccc1CCC. The van der Waals surface area contributed by atoms with Crippen molar-refractivity contribution in [2.45, 2.75) is 66.5 Å². The molecule has 0 amide bonds. The lowest BCUT2D eigenvalue weighted by molar-refractivity contribution is 0.300. The summed E-state index contributed by atoms with van der Waals surface area (Å²) in [5.74, 6) is 2.98. The van der Waals surface area contributed by atoms with Crippen LogP contribution in [0.25, 0.3) is 5.70 Å². The first-order chi connectivity index (χ1) is 19.3. The summed E-state index contributed by atoms with van der Waals surface area (Å²) in [6.45, 7) is 16.0. The minimum atomic E-state index is 0.187. The highest BCUT2D eigenvalue weighted by atomic mass is 16.5. The van der Waals surface area contributed by atoms with Crippen LogP contribution in [0.4, 0.5) is 0 Å². The Morgan fingerprint density at radius 1 is 0.800 bits per heavy atom. The number of aryl methyl sites for hydroxylation is 3. The minimum absolute atomic E-state index is 0.187. The van der Waals surface area contributed by atoms with Crippen molar-refractivity contribution >= 4 is 5.70 Å². The molecule has 0 saturated carbocycles. The van der Waals surface area contributed by atoms with Crippen molar-refractivity contribution in [1.29, 1.82) is 0 Å². The molecule has 1 atom stereocenters. The molecule has 0 aliphatic carbocycles. The van der Waals surface area contributed by atoms with E-state index in [1.165, 1.54) is 22.3 Å². The van der Waals surface area contributed by atoms with Crippen molar-refractivity contribution in [3.05, 3.63) is 131 Å². The molecule has 0 aliphatic rings. The van der Waals surface area contributed by atoms with Crippen LogP contribution < -0.4 is 14.8 Å². The lowest BCUT2D eigenvalue weighted by Gasteiger charge is -2.26. The molecule has 0 aromatic heterocycles. The van der Waals surface area contributed by atoms with Crippen LogP contribution in [0.1, 0.15) is 73.0 Å². The van der Waals surface area contributed by atoms with E-state index in [9.17, 15) is 0 Å². The number of nitrogens with one attached hydrogen (secondary N) is 1. The van der Waals surface area contributed by atoms with Gasteiger partial charge in [-0.25, -0.2) is 0 Å². The Morgan fingerprint density at radius 3 is 2.20 bits per heavy atom. The van der Waals surface area contributed by atoms with Crippen LogP contribution in [0.2, 0.25) is 0 Å². The summed E-state index contributed by atoms with van der Waals surface area (Å²) in [6, 6.07) is 31.3. The average molecular weight is 534 g/mol. The number of hydrogen-bond donors (Lipinski definition) is 1. The maximum atomic E-state index is 6.33. The maximum absolute atomic E-state index is 6.33. The van der Waals surface area contributed by atoms with E-state index in [1.54, 1.807) is 0 Å². The van der Waals surface area contributed by atoms with E-state index in [0.717, 1.165) is 53.3 Å². The molecule has 40 heavy (non-hydrogen) atoms. The van der Waals surface area contributed by atoms with Gasteiger partial charge >= 0.3 is 0 Å². The third kappa shape index (κ3) is 8.02. The second kappa shape index (κ2) is 13.9. The van der Waals surface area contributed by atoms with E-state index in [4.69, 9.17) is 9.47 Å². The van der Waals surface area contributed by atoms with E-state index in [-0.39, 0.29) is 6.04 Å². The fourth-order valence-corrected chi connectivity index (χ4v) is 5.16. The zero-order chi connectivity index (χ0) is 28.5. The van der Waals surface area contributed by atoms with Crippen molar-refractivity contribution in [2.24, 2.45) is 5.92 Å². The molecule has 208 valence electrons. The molecule has 0 saturated heterocycles. The Kier molecular flexibility index (Phi) is 10.1. The van der Waals surface area contributed by atoms with Gasteiger partial charge in [0.15, 0.2) is 0 Å². The molecule has 3 heteroatoms. The molecular weight excluding hydrogens is 490 g/mol. The molecule has 0 bridgehead atoms. The smallest absolute Gasteiger partial charge is 0.134 e. The van der Waals surface area contributed by atoms with Crippen molar-refractivity contribution in [1.82, 2.24) is 5.32 Å². The molecule has 3 nitrogen and oxygen atoms in total. The summed E-state index contributed by atoms with van der Waals surface area (Å²) in [5, 5.41) is 3.80. The van der Waals surface area contributed by atoms with Gasteiger partial charge in [0.1, 0.15) is 23.9 Å². The summed E-state index contributed by atoms with van der Waals surface area (Å²) in [6.07, 6.45) is 3.08. The fourth-order valence-electron chi connectivity index (χ4n) is 5.16. The van der Waals surface area contributed by atoms with Gasteiger partial charge in [0.05, 0.1) is 6.04 Å². The van der Waals surface area contributed by atoms with Gasteiger partial charge in [-0.3, -0.25) is 0 Å². The van der Waals surface area contributed by atoms with Crippen molar-refractivity contribution in [2.75, 3.05) is 0 Å². The van der Waals surface area contributed by atoms with Gasteiger partial charge < -0.3 is 14.8 Å². The van der Waals surface area contributed by atoms with Gasteiger partial charge in [0.25, 0.3) is 0 Å². The normalized spacial score (nSPS) is 11.8. The highest BCUT2D eigenvalue weighted by Gasteiger charge is 2.17. The number of hydrogen-bond acceptors (Lipinski definition) is 3. The van der Waals surface area contributed by atoms with Gasteiger partial charge in [0.2, 0.25) is 0 Å². The highest BCUT2D eigenvalue weighted by Crippen LogP contribution is 2.31. The predicted octanol–water partition coefficient (Wildman–Crippen LogP) is 9.97. The van der Waals surface area contributed by atoms with Crippen LogP contribution in [0.15, 0.2) is 97.6 Å². The molecular formula is C37H43NO2. The van der Waals surface area contributed by atoms with Crippen LogP contribution in [0.5, 0.6) is 17.2 Å². The Labute approximate surface area is 240 Å². The Bertz CT molecular complexity index is 1390. The highest BCUT2D eigenvalue weighted by molar-refractivity contribution is 5.67. The molecule has 4 aromatic carbocycles. The van der Waals surface area contributed by atoms with Crippen LogP contribution in [0, 0.1) is 19.8 Å². The lowest BCUT2D eigenvalue weighted by Crippen LogP contribution is -2.22. The lowest BCUT2D eigenvalue weighted by atomic mass is 9.93. The van der Waals surface area contributed by atoms with Crippen molar-refractivity contribution < 1.29 is 9.47 Å². The van der Waals surface area contributed by atoms with Crippen molar-refractivity contribution in [3.8, 4) is 17.2 Å². The van der Waals surface area contributed by atoms with Crippen LogP contribution in [0.3, 0.4) is 0 Å². The Morgan fingerprint density at radius 2 is 1.50 bits per heavy atom. The van der Waals surface area contributed by atoms with Gasteiger partial charge in [-0.2, -0.15) is 0 Å². The zero-order valence-electron chi connectivity index (χ0n) is 24.7. The summed E-state index contributed by atoms with van der Waals surface area (Å²) < 4.78 is 12.5. The average Bonchev–Trinajstić information content (AvgIpc) is 2.92. The van der Waals surface area contributed by atoms with E-state index in [1.807, 2.05) is 54.6 Å². The number of rotatable bonds is 13. The zero-order valence-corrected chi connectivity index (χ0v) is 24.7. The molecule has 0 aliphatic heterocycles. The Balaban J connectivity index is 1.55. The molecule has 4 aromatic rings. The van der Waals surface area contributed by atoms with Crippen LogP contribution in [-0.2, 0) is 13.0 Å². The van der Waals surface area contributed by atoms with E-state index in [0.29, 0.717) is 12.5 Å². The topological polar surface area (TPSA) is 30.5 Å². The quantitative estimate of drug-likeness (QED) is 0.185. The molecule has 0 spiro atoms. The molecule has 4 rings (SSSR count). The summed E-state index contributed by atoms with van der Waals surface area (Å²) in [5.41, 5.74) is 8.22. The first-order valence-corrected chi connectivity index (χ1v) is 14.4. The van der Waals surface area contributed by atoms with E-state index < -0.39 is 0 Å². The maximum Gasteiger partial charge on any atom is 0.134 e. The summed E-state index contributed by atoms with van der Waals surface area (Å²) in [7, 11) is 0. The minimum Gasteiger partial charge on any atom is -0.489 e. The number of benzene rings is 4. The monoisotopic (exact) mass is 533 g/mol. The standard InChI is InChI=1S/C37H43NO2/c1-7-13-30-18-19-34(39-25-31-14-11-12-17-37(31)40-33-15-9-8-10-16-33)24-35(30)29(6)38-36(20-26(2)3)32-22-27(4)21-28(5)23-32/h8-12,14-19,21-24,26,36,38H,6-7,13,20,25H2,1-5H3. The van der Waals surface area contributed by atoms with Crippen molar-refractivity contribution in [3.63, 3.8) is 0 Å². The van der Waals surface area contributed by atoms with Crippen LogP contribution >= 0.6 is 0 Å². The third-order valence-electron chi connectivity index (χ3n) is 6.97. The van der Waals surface area contributed by atoms with Gasteiger partial charge in [0, 0.05) is 16.8 Å². The van der Waals surface area contributed by atoms with Gasteiger partial charge in [-0.15, -0.1) is 0 Å². The predicted molar refractivity (Wildman–Crippen MR) is 168 cm³/mol. The van der Waals surface area contributed by atoms with E-state index in [2.05, 4.69) is 82.9 Å². The van der Waals surface area contributed by atoms with E-state index >= 15 is 0 Å². The van der Waals surface area contributed by atoms with Crippen LogP contribution in [-0.4, -0.2) is 0 Å². The third-order valence-corrected chi connectivity index (χ3v) is 6.97. The first-order valence-electron chi connectivity index (χ1n) is 14.4. The second-order valence-corrected chi connectivity index (χ2v) is 11.1. The summed E-state index contributed by atoms with van der Waals surface area (Å²) >= 11 is 0. The number of ether oxygens (including phenoxy) is 2. The Hall–Kier alpha value is -3.98. The van der Waals surface area contributed by atoms with Gasteiger partial charge in [-0.05, 0) is 74.1 Å². The molecule has 0 fully saturated rings.